The fourth-order valence-corrected chi connectivity index (χ4v) is 2.83. The molecule has 1 saturated heterocycles. The first-order valence-electron chi connectivity index (χ1n) is 6.79. The second-order valence-corrected chi connectivity index (χ2v) is 5.14. The molecule has 0 saturated carbocycles. The van der Waals surface area contributed by atoms with Gasteiger partial charge in [-0.15, -0.1) is 0 Å². The van der Waals surface area contributed by atoms with Crippen LogP contribution >= 0.6 is 0 Å². The summed E-state index contributed by atoms with van der Waals surface area (Å²) in [5.41, 5.74) is 5.90. The Kier molecular flexibility index (Phi) is 3.56. The van der Waals surface area contributed by atoms with Crippen molar-refractivity contribution in [2.75, 3.05) is 19.7 Å². The number of nitrogens with zero attached hydrogens (tertiary/aromatic N) is 2. The number of rotatable bonds is 3. The SMILES string of the molecule is NC1=NCC(c2c(F)cccc2F)N1CC1CCCO1. The highest BCUT2D eigenvalue weighted by Gasteiger charge is 2.34. The Morgan fingerprint density at radius 3 is 2.75 bits per heavy atom. The summed E-state index contributed by atoms with van der Waals surface area (Å²) in [4.78, 5) is 5.88. The first-order valence-corrected chi connectivity index (χ1v) is 6.79. The monoisotopic (exact) mass is 281 g/mol. The van der Waals surface area contributed by atoms with E-state index in [-0.39, 0.29) is 18.2 Å². The second kappa shape index (κ2) is 5.36. The molecular formula is C14H17F2N3O. The van der Waals surface area contributed by atoms with E-state index in [9.17, 15) is 8.78 Å². The van der Waals surface area contributed by atoms with E-state index in [2.05, 4.69) is 4.99 Å². The van der Waals surface area contributed by atoms with Gasteiger partial charge >= 0.3 is 0 Å². The molecule has 2 aliphatic heterocycles. The average molecular weight is 281 g/mol. The summed E-state index contributed by atoms with van der Waals surface area (Å²) in [6.45, 7) is 1.53. The topological polar surface area (TPSA) is 50.8 Å². The standard InChI is InChI=1S/C14H17F2N3O/c15-10-4-1-5-11(16)13(10)12-7-18-14(17)19(12)8-9-3-2-6-20-9/h1,4-5,9,12H,2-3,6-8H2,(H2,17,18). The van der Waals surface area contributed by atoms with Crippen LogP contribution in [0.4, 0.5) is 8.78 Å². The van der Waals surface area contributed by atoms with Gasteiger partial charge < -0.3 is 15.4 Å². The van der Waals surface area contributed by atoms with Gasteiger partial charge in [-0.2, -0.15) is 0 Å². The molecule has 0 bridgehead atoms. The van der Waals surface area contributed by atoms with E-state index in [1.54, 1.807) is 4.90 Å². The minimum absolute atomic E-state index is 0.0368. The predicted octanol–water partition coefficient (Wildman–Crippen LogP) is 1.82. The number of nitrogens with two attached hydrogens (primary N) is 1. The highest BCUT2D eigenvalue weighted by molar-refractivity contribution is 5.80. The van der Waals surface area contributed by atoms with Gasteiger partial charge in [0.1, 0.15) is 11.6 Å². The Morgan fingerprint density at radius 2 is 2.10 bits per heavy atom. The number of benzene rings is 1. The van der Waals surface area contributed by atoms with Crippen molar-refractivity contribution in [2.24, 2.45) is 10.7 Å². The zero-order valence-electron chi connectivity index (χ0n) is 11.1. The van der Waals surface area contributed by atoms with Crippen LogP contribution in [0.2, 0.25) is 0 Å². The molecule has 2 unspecified atom stereocenters. The van der Waals surface area contributed by atoms with Crippen LogP contribution in [0.3, 0.4) is 0 Å². The quantitative estimate of drug-likeness (QED) is 0.919. The summed E-state index contributed by atoms with van der Waals surface area (Å²) in [5.74, 6) is -0.789. The normalized spacial score (nSPS) is 26.1. The molecule has 0 amide bonds. The lowest BCUT2D eigenvalue weighted by Crippen LogP contribution is -2.41. The summed E-state index contributed by atoms with van der Waals surface area (Å²) in [5, 5.41) is 0. The highest BCUT2D eigenvalue weighted by atomic mass is 19.1. The smallest absolute Gasteiger partial charge is 0.192 e. The van der Waals surface area contributed by atoms with Crippen molar-refractivity contribution in [1.29, 1.82) is 0 Å². The van der Waals surface area contributed by atoms with Crippen molar-refractivity contribution >= 4 is 5.96 Å². The second-order valence-electron chi connectivity index (χ2n) is 5.14. The molecule has 0 spiro atoms. The molecule has 6 heteroatoms. The van der Waals surface area contributed by atoms with Crippen molar-refractivity contribution in [3.63, 3.8) is 0 Å². The van der Waals surface area contributed by atoms with Crippen molar-refractivity contribution in [1.82, 2.24) is 4.90 Å². The van der Waals surface area contributed by atoms with E-state index in [4.69, 9.17) is 10.5 Å². The zero-order chi connectivity index (χ0) is 14.1. The highest BCUT2D eigenvalue weighted by Crippen LogP contribution is 2.30. The number of hydrogen-bond acceptors (Lipinski definition) is 4. The Labute approximate surface area is 116 Å². The molecule has 108 valence electrons. The molecule has 0 aliphatic carbocycles. The van der Waals surface area contributed by atoms with Gasteiger partial charge in [-0.05, 0) is 25.0 Å². The third-order valence-corrected chi connectivity index (χ3v) is 3.85. The molecular weight excluding hydrogens is 264 g/mol. The molecule has 2 N–H and O–H groups in total. The number of aliphatic imine (C=N–C) groups is 1. The Morgan fingerprint density at radius 1 is 1.35 bits per heavy atom. The fraction of sp³-hybridized carbons (Fsp3) is 0.500. The maximum Gasteiger partial charge on any atom is 0.192 e. The summed E-state index contributed by atoms with van der Waals surface area (Å²) >= 11 is 0. The van der Waals surface area contributed by atoms with Crippen LogP contribution in [0.1, 0.15) is 24.4 Å². The van der Waals surface area contributed by atoms with E-state index in [1.165, 1.54) is 18.2 Å². The van der Waals surface area contributed by atoms with Crippen LogP contribution in [0, 0.1) is 11.6 Å². The molecule has 3 rings (SSSR count). The minimum atomic E-state index is -0.558. The summed E-state index contributed by atoms with van der Waals surface area (Å²) < 4.78 is 33.4. The molecule has 4 nitrogen and oxygen atoms in total. The van der Waals surface area contributed by atoms with Gasteiger partial charge in [0.25, 0.3) is 0 Å². The van der Waals surface area contributed by atoms with E-state index < -0.39 is 17.7 Å². The molecule has 1 aromatic rings. The number of halogens is 2. The summed E-state index contributed by atoms with van der Waals surface area (Å²) in [6.07, 6.45) is 2.00. The molecule has 2 atom stereocenters. The van der Waals surface area contributed by atoms with Crippen LogP contribution in [0.25, 0.3) is 0 Å². The maximum absolute atomic E-state index is 13.9. The van der Waals surface area contributed by atoms with Crippen molar-refractivity contribution in [2.45, 2.75) is 25.0 Å². The average Bonchev–Trinajstić information content (AvgIpc) is 3.03. The van der Waals surface area contributed by atoms with Gasteiger partial charge in [0, 0.05) is 18.7 Å². The molecule has 1 aromatic carbocycles. The van der Waals surface area contributed by atoms with E-state index in [0.29, 0.717) is 12.5 Å². The lowest BCUT2D eigenvalue weighted by Gasteiger charge is -2.29. The Balaban J connectivity index is 1.85. The lowest BCUT2D eigenvalue weighted by molar-refractivity contribution is 0.0845. The molecule has 0 aromatic heterocycles. The van der Waals surface area contributed by atoms with Crippen LogP contribution in [0.15, 0.2) is 23.2 Å². The lowest BCUT2D eigenvalue weighted by atomic mass is 10.0. The predicted molar refractivity (Wildman–Crippen MR) is 71.3 cm³/mol. The number of ether oxygens (including phenoxy) is 1. The molecule has 20 heavy (non-hydrogen) atoms. The molecule has 0 radical (unpaired) electrons. The Bertz CT molecular complexity index is 509. The first kappa shape index (κ1) is 13.3. The fourth-order valence-electron chi connectivity index (χ4n) is 2.83. The van der Waals surface area contributed by atoms with E-state index in [0.717, 1.165) is 19.4 Å². The van der Waals surface area contributed by atoms with Crippen LogP contribution in [-0.4, -0.2) is 36.7 Å². The van der Waals surface area contributed by atoms with Gasteiger partial charge in [0.15, 0.2) is 5.96 Å². The van der Waals surface area contributed by atoms with Crippen LogP contribution < -0.4 is 5.73 Å². The van der Waals surface area contributed by atoms with Crippen molar-refractivity contribution in [3.05, 3.63) is 35.4 Å². The van der Waals surface area contributed by atoms with Gasteiger partial charge in [0.2, 0.25) is 0 Å². The molecule has 2 heterocycles. The molecule has 2 aliphatic rings. The minimum Gasteiger partial charge on any atom is -0.376 e. The maximum atomic E-state index is 13.9. The van der Waals surface area contributed by atoms with Crippen LogP contribution in [0.5, 0.6) is 0 Å². The van der Waals surface area contributed by atoms with Crippen molar-refractivity contribution < 1.29 is 13.5 Å². The van der Waals surface area contributed by atoms with Crippen molar-refractivity contribution in [3.8, 4) is 0 Å². The number of hydrogen-bond donors (Lipinski definition) is 1. The third-order valence-electron chi connectivity index (χ3n) is 3.85. The van der Waals surface area contributed by atoms with Gasteiger partial charge in [0.05, 0.1) is 18.7 Å². The zero-order valence-corrected chi connectivity index (χ0v) is 11.1. The van der Waals surface area contributed by atoms with Gasteiger partial charge in [-0.1, -0.05) is 6.07 Å². The largest absolute Gasteiger partial charge is 0.376 e. The van der Waals surface area contributed by atoms with E-state index >= 15 is 0 Å². The summed E-state index contributed by atoms with van der Waals surface area (Å²) in [6, 6.07) is 3.40. The van der Waals surface area contributed by atoms with Crippen LogP contribution in [-0.2, 0) is 4.74 Å². The first-order chi connectivity index (χ1) is 9.66. The third kappa shape index (κ3) is 2.35. The van der Waals surface area contributed by atoms with Gasteiger partial charge in [-0.25, -0.2) is 8.78 Å². The van der Waals surface area contributed by atoms with Gasteiger partial charge in [-0.3, -0.25) is 4.99 Å². The Hall–Kier alpha value is -1.69. The van der Waals surface area contributed by atoms with E-state index in [1.807, 2.05) is 0 Å². The molecule has 1 fully saturated rings. The summed E-state index contributed by atoms with van der Waals surface area (Å²) in [7, 11) is 0. The number of guanidine groups is 1.